The number of hydrogen-bond acceptors (Lipinski definition) is 6. The summed E-state index contributed by atoms with van der Waals surface area (Å²) in [6.07, 6.45) is 1.60. The van der Waals surface area contributed by atoms with Crippen LogP contribution in [0.3, 0.4) is 0 Å². The van der Waals surface area contributed by atoms with Gasteiger partial charge in [0.05, 0.1) is 18.2 Å². The van der Waals surface area contributed by atoms with Gasteiger partial charge in [0.2, 0.25) is 11.8 Å². The lowest BCUT2D eigenvalue weighted by molar-refractivity contribution is -0.137. The Kier molecular flexibility index (Phi) is 7.64. The molecule has 0 saturated heterocycles. The fraction of sp³-hybridized carbons (Fsp3) is 0.241. The number of benzene rings is 3. The van der Waals surface area contributed by atoms with Gasteiger partial charge < -0.3 is 21.5 Å². The Morgan fingerprint density at radius 1 is 1.05 bits per heavy atom. The summed E-state index contributed by atoms with van der Waals surface area (Å²) in [5, 5.41) is 20.0. The summed E-state index contributed by atoms with van der Waals surface area (Å²) in [6.45, 7) is 0. The molecule has 0 bridgehead atoms. The maximum atomic E-state index is 14.0. The molecule has 5 amide bonds. The minimum Gasteiger partial charge on any atom is -0.481 e. The number of carbonyl (C=O) groups excluding carboxylic acids is 4. The predicted octanol–water partition coefficient (Wildman–Crippen LogP) is 1.46. The van der Waals surface area contributed by atoms with Gasteiger partial charge in [-0.25, -0.2) is 10.2 Å². The van der Waals surface area contributed by atoms with Crippen molar-refractivity contribution < 1.29 is 29.1 Å². The minimum absolute atomic E-state index is 0.210. The van der Waals surface area contributed by atoms with Gasteiger partial charge >= 0.3 is 12.0 Å². The van der Waals surface area contributed by atoms with Gasteiger partial charge in [-0.15, -0.1) is 0 Å². The number of hydrazone groups is 1. The number of aryl methyl sites for hydroxylation is 1. The summed E-state index contributed by atoms with van der Waals surface area (Å²) in [5.41, 5.74) is 9.71. The SMILES string of the molecule is NC(=O)NN=C[C@H](CC(=O)O)NC(=O)[C@@H]1Cc2cccc3c2N1C(=O)[C@@H](NC(=O)c1cccc2ccccc12)CC3. The molecule has 0 saturated carbocycles. The summed E-state index contributed by atoms with van der Waals surface area (Å²) in [4.78, 5) is 64.6. The number of nitrogens with one attached hydrogen (secondary N) is 3. The number of nitrogens with two attached hydrogens (primary N) is 1. The van der Waals surface area contributed by atoms with Crippen LogP contribution in [0.15, 0.2) is 65.8 Å². The molecule has 12 heteroatoms. The van der Waals surface area contributed by atoms with Crippen LogP contribution in [-0.4, -0.2) is 59.2 Å². The van der Waals surface area contributed by atoms with Crippen LogP contribution in [0.4, 0.5) is 10.5 Å². The Labute approximate surface area is 234 Å². The Morgan fingerprint density at radius 3 is 2.56 bits per heavy atom. The number of primary amides is 1. The molecule has 0 spiro atoms. The summed E-state index contributed by atoms with van der Waals surface area (Å²) < 4.78 is 0. The first-order chi connectivity index (χ1) is 19.7. The highest BCUT2D eigenvalue weighted by molar-refractivity contribution is 6.11. The largest absolute Gasteiger partial charge is 0.481 e. The van der Waals surface area contributed by atoms with Gasteiger partial charge in [-0.1, -0.05) is 54.6 Å². The summed E-state index contributed by atoms with van der Waals surface area (Å²) in [7, 11) is 0. The Balaban J connectivity index is 1.40. The van der Waals surface area contributed by atoms with E-state index in [-0.39, 0.29) is 6.42 Å². The molecule has 0 aromatic heterocycles. The second kappa shape index (κ2) is 11.5. The number of carboxylic acid groups (broad SMARTS) is 1. The number of carbonyl (C=O) groups is 5. The van der Waals surface area contributed by atoms with E-state index in [0.717, 1.165) is 28.1 Å². The third-order valence-electron chi connectivity index (χ3n) is 7.20. The zero-order valence-electron chi connectivity index (χ0n) is 21.9. The average molecular weight is 557 g/mol. The van der Waals surface area contributed by atoms with E-state index < -0.39 is 54.3 Å². The molecule has 2 aliphatic heterocycles. The molecule has 0 radical (unpaired) electrons. The topological polar surface area (TPSA) is 183 Å². The lowest BCUT2D eigenvalue weighted by atomic mass is 10.0. The molecule has 5 rings (SSSR count). The van der Waals surface area contributed by atoms with Gasteiger partial charge in [0, 0.05) is 18.2 Å². The summed E-state index contributed by atoms with van der Waals surface area (Å²) in [5.74, 6) is -2.63. The van der Waals surface area contributed by atoms with Crippen LogP contribution in [0.5, 0.6) is 0 Å². The number of para-hydroxylation sites is 1. The van der Waals surface area contributed by atoms with E-state index in [9.17, 15) is 29.1 Å². The lowest BCUT2D eigenvalue weighted by Gasteiger charge is -2.28. The van der Waals surface area contributed by atoms with E-state index in [0.29, 0.717) is 24.1 Å². The standard InChI is InChI=1S/C29H28N6O6/c30-29(41)34-31-15-19(14-24(36)37)32-27(39)23-13-18-8-3-7-17-11-12-22(28(40)35(23)25(17)18)33-26(38)21-10-4-6-16-5-1-2-9-20(16)21/h1-10,15,19,22-23H,11-14H2,(H,32,39)(H,33,38)(H,36,37)(H3,30,34,41)/t19-,22-,23-/m0/s1. The number of amides is 5. The highest BCUT2D eigenvalue weighted by Crippen LogP contribution is 2.39. The second-order valence-electron chi connectivity index (χ2n) is 9.91. The number of urea groups is 1. The van der Waals surface area contributed by atoms with Crippen molar-refractivity contribution in [3.05, 3.63) is 77.4 Å². The summed E-state index contributed by atoms with van der Waals surface area (Å²) in [6, 6.07) is 14.5. The van der Waals surface area contributed by atoms with Gasteiger partial charge in [0.1, 0.15) is 12.1 Å². The van der Waals surface area contributed by atoms with Crippen LogP contribution in [0.25, 0.3) is 10.8 Å². The van der Waals surface area contributed by atoms with Crippen LogP contribution >= 0.6 is 0 Å². The zero-order valence-corrected chi connectivity index (χ0v) is 21.9. The fourth-order valence-electron chi connectivity index (χ4n) is 5.43. The van der Waals surface area contributed by atoms with Crippen molar-refractivity contribution in [2.75, 3.05) is 4.90 Å². The van der Waals surface area contributed by atoms with Crippen LogP contribution in [0, 0.1) is 0 Å². The average Bonchev–Trinajstić information content (AvgIpc) is 3.28. The molecule has 3 aromatic rings. The van der Waals surface area contributed by atoms with Crippen molar-refractivity contribution in [1.82, 2.24) is 16.1 Å². The quantitative estimate of drug-likeness (QED) is 0.207. The van der Waals surface area contributed by atoms with E-state index in [1.54, 1.807) is 12.1 Å². The third-order valence-corrected chi connectivity index (χ3v) is 7.20. The number of fused-ring (bicyclic) bond motifs is 1. The van der Waals surface area contributed by atoms with Crippen molar-refractivity contribution >= 4 is 52.4 Å². The van der Waals surface area contributed by atoms with Crippen LogP contribution in [-0.2, 0) is 27.2 Å². The molecule has 3 atom stereocenters. The first kappa shape index (κ1) is 27.3. The lowest BCUT2D eigenvalue weighted by Crippen LogP contribution is -2.56. The normalized spacial score (nSPS) is 18.4. The van der Waals surface area contributed by atoms with Crippen LogP contribution < -0.4 is 26.7 Å². The van der Waals surface area contributed by atoms with Gasteiger partial charge in [0.15, 0.2) is 0 Å². The molecule has 12 nitrogen and oxygen atoms in total. The van der Waals surface area contributed by atoms with Crippen molar-refractivity contribution in [1.29, 1.82) is 0 Å². The molecular formula is C29H28N6O6. The van der Waals surface area contributed by atoms with E-state index >= 15 is 0 Å². The van der Waals surface area contributed by atoms with Crippen molar-refractivity contribution in [2.24, 2.45) is 10.8 Å². The third kappa shape index (κ3) is 5.71. The molecule has 41 heavy (non-hydrogen) atoms. The molecule has 210 valence electrons. The molecule has 6 N–H and O–H groups in total. The smallest absolute Gasteiger partial charge is 0.332 e. The zero-order chi connectivity index (χ0) is 29.1. The van der Waals surface area contributed by atoms with Crippen molar-refractivity contribution in [3.63, 3.8) is 0 Å². The summed E-state index contributed by atoms with van der Waals surface area (Å²) >= 11 is 0. The van der Waals surface area contributed by atoms with Gasteiger partial charge in [-0.05, 0) is 40.8 Å². The fourth-order valence-corrected chi connectivity index (χ4v) is 5.43. The Hall–Kier alpha value is -5.26. The number of nitrogens with zero attached hydrogens (tertiary/aromatic N) is 2. The van der Waals surface area contributed by atoms with Crippen molar-refractivity contribution in [3.8, 4) is 0 Å². The Bertz CT molecular complexity index is 1580. The maximum absolute atomic E-state index is 14.0. The number of aliphatic carboxylic acids is 1. The van der Waals surface area contributed by atoms with E-state index in [1.807, 2.05) is 54.0 Å². The number of carboxylic acids is 1. The molecule has 0 unspecified atom stereocenters. The highest BCUT2D eigenvalue weighted by Gasteiger charge is 2.44. The van der Waals surface area contributed by atoms with Gasteiger partial charge in [-0.2, -0.15) is 5.10 Å². The molecule has 2 aliphatic rings. The molecule has 2 heterocycles. The van der Waals surface area contributed by atoms with E-state index in [4.69, 9.17) is 5.73 Å². The van der Waals surface area contributed by atoms with Crippen LogP contribution in [0.2, 0.25) is 0 Å². The van der Waals surface area contributed by atoms with Gasteiger partial charge in [-0.3, -0.25) is 24.1 Å². The molecular weight excluding hydrogens is 528 g/mol. The first-order valence-electron chi connectivity index (χ1n) is 13.1. The Morgan fingerprint density at radius 2 is 1.78 bits per heavy atom. The number of rotatable bonds is 8. The highest BCUT2D eigenvalue weighted by atomic mass is 16.4. The molecule has 0 fully saturated rings. The number of hydrogen-bond donors (Lipinski definition) is 5. The van der Waals surface area contributed by atoms with E-state index in [2.05, 4.69) is 15.7 Å². The first-order valence-corrected chi connectivity index (χ1v) is 13.1. The monoisotopic (exact) mass is 556 g/mol. The minimum atomic E-state index is -1.21. The van der Waals surface area contributed by atoms with Crippen molar-refractivity contribution in [2.45, 2.75) is 43.8 Å². The number of anilines is 1. The van der Waals surface area contributed by atoms with Crippen LogP contribution in [0.1, 0.15) is 34.3 Å². The van der Waals surface area contributed by atoms with Gasteiger partial charge in [0.25, 0.3) is 5.91 Å². The second-order valence-corrected chi connectivity index (χ2v) is 9.91. The van der Waals surface area contributed by atoms with E-state index in [1.165, 1.54) is 4.90 Å². The molecule has 0 aliphatic carbocycles. The predicted molar refractivity (Wildman–Crippen MR) is 150 cm³/mol. The maximum Gasteiger partial charge on any atom is 0.332 e. The molecule has 3 aromatic carbocycles.